The summed E-state index contributed by atoms with van der Waals surface area (Å²) in [5.74, 6) is -0.981. The molecular weight excluding hydrogens is 693 g/mol. The Morgan fingerprint density at radius 1 is 0.660 bits per heavy atom. The molecule has 0 aliphatic rings. The van der Waals surface area contributed by atoms with Crippen molar-refractivity contribution in [3.63, 3.8) is 0 Å². The molecule has 0 unspecified atom stereocenters. The Morgan fingerprint density at radius 2 is 1.15 bits per heavy atom. The summed E-state index contributed by atoms with van der Waals surface area (Å²) in [4.78, 5) is 62.8. The van der Waals surface area contributed by atoms with Gasteiger partial charge < -0.3 is 18.9 Å². The molecule has 0 aliphatic carbocycles. The van der Waals surface area contributed by atoms with Crippen LogP contribution in [-0.4, -0.2) is 29.7 Å². The molecule has 0 heterocycles. The lowest BCUT2D eigenvalue weighted by Crippen LogP contribution is -2.19. The van der Waals surface area contributed by atoms with Gasteiger partial charge in [-0.25, -0.2) is 19.2 Å². The molecule has 0 atom stereocenters. The van der Waals surface area contributed by atoms with E-state index < -0.39 is 64.0 Å². The van der Waals surface area contributed by atoms with E-state index in [2.05, 4.69) is 38.2 Å². The minimum Gasteiger partial charge on any atom is -0.423 e. The van der Waals surface area contributed by atoms with Crippen LogP contribution in [-0.2, 0) is 25.4 Å². The van der Waals surface area contributed by atoms with Gasteiger partial charge in [0.2, 0.25) is 0 Å². The quantitative estimate of drug-likeness (QED) is 0.0632. The van der Waals surface area contributed by atoms with E-state index in [-0.39, 0.29) is 50.5 Å². The molecule has 3 aromatic rings. The molecule has 0 saturated heterocycles. The van der Waals surface area contributed by atoms with Gasteiger partial charge in [0, 0.05) is 44.5 Å². The van der Waals surface area contributed by atoms with E-state index in [1.54, 1.807) is 0 Å². The molecule has 0 aliphatic heterocycles. The maximum Gasteiger partial charge on any atom is 0.421 e. The number of carbonyl (C=O) groups is 5. The maximum atomic E-state index is 15.1. The number of ketones is 1. The lowest BCUT2D eigenvalue weighted by atomic mass is 9.93. The third-order valence-corrected chi connectivity index (χ3v) is 6.88. The van der Waals surface area contributed by atoms with Crippen LogP contribution >= 0.6 is 0 Å². The fourth-order valence-electron chi connectivity index (χ4n) is 4.13. The first-order chi connectivity index (χ1) is 24.7. The largest absolute Gasteiger partial charge is 0.423 e. The number of hydrogen-bond acceptors (Lipinski definition) is 9. The summed E-state index contributed by atoms with van der Waals surface area (Å²) in [5.41, 5.74) is -3.14. The van der Waals surface area contributed by atoms with E-state index >= 15 is 13.2 Å². The molecule has 0 radical (unpaired) electrons. The number of allylic oxidation sites excluding steroid dienone is 1. The number of esters is 4. The highest BCUT2D eigenvalue weighted by Gasteiger charge is 2.41. The highest BCUT2D eigenvalue weighted by molar-refractivity contribution is 6.08. The second-order valence-corrected chi connectivity index (χ2v) is 11.6. The minimum atomic E-state index is -5.23. The summed E-state index contributed by atoms with van der Waals surface area (Å²) in [6, 6.07) is 10.9. The molecule has 9 nitrogen and oxygen atoms in total. The van der Waals surface area contributed by atoms with Crippen LogP contribution in [0.4, 0.5) is 13.2 Å². The molecule has 3 aromatic carbocycles. The number of alkyl halides is 3. The van der Waals surface area contributed by atoms with Crippen LogP contribution in [0.15, 0.2) is 103 Å². The first-order valence-corrected chi connectivity index (χ1v) is 15.4. The molecule has 272 valence electrons. The first-order valence-electron chi connectivity index (χ1n) is 15.4. The highest BCUT2D eigenvalue weighted by Crippen LogP contribution is 2.47. The summed E-state index contributed by atoms with van der Waals surface area (Å²) in [7, 11) is 0. The molecule has 0 spiro atoms. The average molecular weight is 727 g/mol. The SMILES string of the molecule is C=C(C)C(=O)Oc1ccc(C#Cc2c(C)c(OC(=O)C(=C)C)c(C=CC(=O)c3cccc(OC(=O)C(=C)C)c3)c(OC(=O)C(=C)C)c2C(F)(F)F)cc1. The zero-order valence-electron chi connectivity index (χ0n) is 29.4. The molecule has 12 heteroatoms. The van der Waals surface area contributed by atoms with E-state index in [4.69, 9.17) is 18.9 Å². The second kappa shape index (κ2) is 17.0. The molecule has 0 amide bonds. The van der Waals surface area contributed by atoms with Gasteiger partial charge in [-0.3, -0.25) is 4.79 Å². The molecule has 0 fully saturated rings. The summed E-state index contributed by atoms with van der Waals surface area (Å²) < 4.78 is 66.3. The third kappa shape index (κ3) is 10.6. The molecule has 3 rings (SSSR count). The molecule has 53 heavy (non-hydrogen) atoms. The predicted molar refractivity (Wildman–Crippen MR) is 190 cm³/mol. The molecule has 0 aromatic heterocycles. The van der Waals surface area contributed by atoms with Gasteiger partial charge in [0.15, 0.2) is 11.5 Å². The van der Waals surface area contributed by atoms with E-state index in [0.717, 1.165) is 12.2 Å². The van der Waals surface area contributed by atoms with Gasteiger partial charge in [0.1, 0.15) is 22.8 Å². The van der Waals surface area contributed by atoms with Crippen LogP contribution in [0.2, 0.25) is 0 Å². The molecular formula is C41H33F3O9. The summed E-state index contributed by atoms with van der Waals surface area (Å²) in [6.07, 6.45) is -3.48. The van der Waals surface area contributed by atoms with Crippen molar-refractivity contribution < 1.29 is 56.1 Å². The zero-order valence-corrected chi connectivity index (χ0v) is 29.4. The molecule has 0 bridgehead atoms. The van der Waals surface area contributed by atoms with E-state index in [1.165, 1.54) is 83.1 Å². The number of rotatable bonds is 11. The summed E-state index contributed by atoms with van der Waals surface area (Å²) in [5, 5.41) is 0. The second-order valence-electron chi connectivity index (χ2n) is 11.6. The molecule has 0 N–H and O–H groups in total. The Hall–Kier alpha value is -6.74. The zero-order chi connectivity index (χ0) is 39.8. The number of ether oxygens (including phenoxy) is 4. The van der Waals surface area contributed by atoms with Gasteiger partial charge in [0.05, 0.1) is 5.56 Å². The van der Waals surface area contributed by atoms with Gasteiger partial charge in [-0.05, 0) is 83.2 Å². The van der Waals surface area contributed by atoms with E-state index in [9.17, 15) is 24.0 Å². The van der Waals surface area contributed by atoms with Crippen LogP contribution in [0.5, 0.6) is 23.0 Å². The Morgan fingerprint density at radius 3 is 1.66 bits per heavy atom. The van der Waals surface area contributed by atoms with Crippen molar-refractivity contribution in [2.24, 2.45) is 0 Å². The van der Waals surface area contributed by atoms with Crippen LogP contribution in [0.3, 0.4) is 0 Å². The number of hydrogen-bond donors (Lipinski definition) is 0. The average Bonchev–Trinajstić information content (AvgIpc) is 3.08. The predicted octanol–water partition coefficient (Wildman–Crippen LogP) is 8.24. The lowest BCUT2D eigenvalue weighted by Gasteiger charge is -2.22. The van der Waals surface area contributed by atoms with Gasteiger partial charge in [-0.2, -0.15) is 13.2 Å². The number of carbonyl (C=O) groups excluding carboxylic acids is 5. The highest BCUT2D eigenvalue weighted by atomic mass is 19.4. The Bertz CT molecular complexity index is 2170. The maximum absolute atomic E-state index is 15.1. The minimum absolute atomic E-state index is 0.00921. The van der Waals surface area contributed by atoms with Crippen molar-refractivity contribution in [2.45, 2.75) is 40.8 Å². The fourth-order valence-corrected chi connectivity index (χ4v) is 4.13. The number of halogens is 3. The lowest BCUT2D eigenvalue weighted by molar-refractivity contribution is -0.141. The smallest absolute Gasteiger partial charge is 0.421 e. The monoisotopic (exact) mass is 726 g/mol. The Kier molecular flexibility index (Phi) is 13.0. The Labute approximate surface area is 303 Å². The fraction of sp³-hybridized carbons (Fsp3) is 0.146. The standard InChI is InChI=1S/C41H33F3O9/c1-22(2)37(46)50-29-16-13-27(14-17-29)15-18-31-26(9)35(52-39(48)24(5)6)32(36(34(31)41(42,43)44)53-40(49)25(7)8)19-20-33(45)28-11-10-12-30(21-28)51-38(47)23(3)4/h10-14,16-17,19-21H,1,3,5,7H2,2,4,6,8-9H3. The Balaban J connectivity index is 2.33. The van der Waals surface area contributed by atoms with Crippen molar-refractivity contribution in [1.82, 2.24) is 0 Å². The van der Waals surface area contributed by atoms with Crippen molar-refractivity contribution >= 4 is 35.7 Å². The van der Waals surface area contributed by atoms with Crippen molar-refractivity contribution in [1.29, 1.82) is 0 Å². The van der Waals surface area contributed by atoms with E-state index in [0.29, 0.717) is 0 Å². The first kappa shape index (κ1) is 40.7. The normalized spacial score (nSPS) is 10.7. The van der Waals surface area contributed by atoms with Crippen LogP contribution in [0, 0.1) is 18.8 Å². The van der Waals surface area contributed by atoms with E-state index in [1.807, 2.05) is 0 Å². The third-order valence-electron chi connectivity index (χ3n) is 6.88. The van der Waals surface area contributed by atoms with Gasteiger partial charge in [0.25, 0.3) is 0 Å². The summed E-state index contributed by atoms with van der Waals surface area (Å²) in [6.45, 7) is 20.5. The van der Waals surface area contributed by atoms with Crippen molar-refractivity contribution in [2.75, 3.05) is 0 Å². The number of benzene rings is 3. The molecule has 0 saturated carbocycles. The van der Waals surface area contributed by atoms with Gasteiger partial charge in [-0.15, -0.1) is 0 Å². The van der Waals surface area contributed by atoms with Crippen LogP contribution in [0.1, 0.15) is 65.9 Å². The van der Waals surface area contributed by atoms with Crippen molar-refractivity contribution in [3.05, 3.63) is 137 Å². The van der Waals surface area contributed by atoms with Gasteiger partial charge >= 0.3 is 30.1 Å². The van der Waals surface area contributed by atoms with Crippen molar-refractivity contribution in [3.8, 4) is 34.8 Å². The van der Waals surface area contributed by atoms with Gasteiger partial charge in [-0.1, -0.05) is 50.3 Å². The van der Waals surface area contributed by atoms with Crippen LogP contribution < -0.4 is 18.9 Å². The van der Waals surface area contributed by atoms with Crippen LogP contribution in [0.25, 0.3) is 6.08 Å². The summed E-state index contributed by atoms with van der Waals surface area (Å²) >= 11 is 0. The topological polar surface area (TPSA) is 122 Å².